The van der Waals surface area contributed by atoms with Gasteiger partial charge in [0.05, 0.1) is 23.3 Å². The van der Waals surface area contributed by atoms with Gasteiger partial charge in [0.1, 0.15) is 0 Å². The SMILES string of the molecule is O=C(O)c1cc(Br)ccc1NCc1cscn1. The molecule has 0 bridgehead atoms. The van der Waals surface area contributed by atoms with Crippen LogP contribution in [0.3, 0.4) is 0 Å². The summed E-state index contributed by atoms with van der Waals surface area (Å²) in [6.07, 6.45) is 0. The van der Waals surface area contributed by atoms with Crippen LogP contribution in [0.15, 0.2) is 33.6 Å². The molecule has 2 rings (SSSR count). The van der Waals surface area contributed by atoms with E-state index in [1.807, 2.05) is 5.38 Å². The summed E-state index contributed by atoms with van der Waals surface area (Å²) in [4.78, 5) is 15.2. The van der Waals surface area contributed by atoms with Crippen LogP contribution in [-0.4, -0.2) is 16.1 Å². The van der Waals surface area contributed by atoms with Crippen molar-refractivity contribution >= 4 is 38.9 Å². The van der Waals surface area contributed by atoms with Gasteiger partial charge >= 0.3 is 5.97 Å². The molecule has 0 saturated carbocycles. The van der Waals surface area contributed by atoms with E-state index in [2.05, 4.69) is 26.2 Å². The van der Waals surface area contributed by atoms with Crippen LogP contribution < -0.4 is 5.32 Å². The average molecular weight is 313 g/mol. The lowest BCUT2D eigenvalue weighted by atomic mass is 10.2. The molecule has 1 aromatic heterocycles. The Labute approximate surface area is 110 Å². The highest BCUT2D eigenvalue weighted by Gasteiger charge is 2.10. The Kier molecular flexibility index (Phi) is 3.75. The summed E-state index contributed by atoms with van der Waals surface area (Å²) in [5.41, 5.74) is 3.48. The van der Waals surface area contributed by atoms with Crippen molar-refractivity contribution in [3.8, 4) is 0 Å². The quantitative estimate of drug-likeness (QED) is 0.910. The predicted octanol–water partition coefficient (Wildman–Crippen LogP) is 3.22. The molecule has 0 aliphatic heterocycles. The van der Waals surface area contributed by atoms with Crippen molar-refractivity contribution in [2.75, 3.05) is 5.32 Å². The van der Waals surface area contributed by atoms with Gasteiger partial charge in [-0.15, -0.1) is 11.3 Å². The fourth-order valence-electron chi connectivity index (χ4n) is 1.36. The molecule has 0 aliphatic rings. The summed E-state index contributed by atoms with van der Waals surface area (Å²) in [7, 11) is 0. The molecule has 0 radical (unpaired) electrons. The summed E-state index contributed by atoms with van der Waals surface area (Å²) in [6, 6.07) is 5.11. The van der Waals surface area contributed by atoms with Crippen LogP contribution in [0.1, 0.15) is 16.1 Å². The number of hydrogen-bond donors (Lipinski definition) is 2. The van der Waals surface area contributed by atoms with E-state index >= 15 is 0 Å². The van der Waals surface area contributed by atoms with E-state index in [-0.39, 0.29) is 5.56 Å². The number of rotatable bonds is 4. The van der Waals surface area contributed by atoms with E-state index in [0.717, 1.165) is 10.2 Å². The number of carboxylic acid groups (broad SMARTS) is 1. The number of nitrogens with zero attached hydrogens (tertiary/aromatic N) is 1. The van der Waals surface area contributed by atoms with Crippen molar-refractivity contribution in [1.82, 2.24) is 4.98 Å². The molecule has 0 fully saturated rings. The number of carboxylic acids is 1. The van der Waals surface area contributed by atoms with Gasteiger partial charge in [-0.05, 0) is 18.2 Å². The zero-order valence-corrected chi connectivity index (χ0v) is 11.1. The Bertz CT molecular complexity index is 528. The topological polar surface area (TPSA) is 62.2 Å². The molecule has 6 heteroatoms. The Morgan fingerprint density at radius 3 is 3.00 bits per heavy atom. The number of anilines is 1. The van der Waals surface area contributed by atoms with Crippen LogP contribution >= 0.6 is 27.3 Å². The van der Waals surface area contributed by atoms with Gasteiger partial charge in [-0.25, -0.2) is 9.78 Å². The van der Waals surface area contributed by atoms with Gasteiger partial charge in [0.2, 0.25) is 0 Å². The van der Waals surface area contributed by atoms with Crippen molar-refractivity contribution in [3.05, 3.63) is 44.8 Å². The second-order valence-electron chi connectivity index (χ2n) is 3.33. The summed E-state index contributed by atoms with van der Waals surface area (Å²) < 4.78 is 0.745. The first kappa shape index (κ1) is 12.1. The fraction of sp³-hybridized carbons (Fsp3) is 0.0909. The number of benzene rings is 1. The van der Waals surface area contributed by atoms with Crippen molar-refractivity contribution in [2.24, 2.45) is 0 Å². The lowest BCUT2D eigenvalue weighted by molar-refractivity contribution is 0.0698. The van der Waals surface area contributed by atoms with E-state index in [9.17, 15) is 4.79 Å². The first-order chi connectivity index (χ1) is 8.16. The van der Waals surface area contributed by atoms with Crippen molar-refractivity contribution in [3.63, 3.8) is 0 Å². The summed E-state index contributed by atoms with van der Waals surface area (Å²) >= 11 is 4.77. The van der Waals surface area contributed by atoms with Crippen LogP contribution in [0.25, 0.3) is 0 Å². The molecule has 0 atom stereocenters. The lowest BCUT2D eigenvalue weighted by Crippen LogP contribution is -2.06. The number of halogens is 1. The third-order valence-corrected chi connectivity index (χ3v) is 3.28. The van der Waals surface area contributed by atoms with Crippen LogP contribution in [0.2, 0.25) is 0 Å². The molecule has 1 heterocycles. The molecule has 17 heavy (non-hydrogen) atoms. The third kappa shape index (κ3) is 3.04. The number of carbonyl (C=O) groups is 1. The Balaban J connectivity index is 2.17. The van der Waals surface area contributed by atoms with E-state index in [1.165, 1.54) is 11.3 Å². The van der Waals surface area contributed by atoms with Crippen LogP contribution in [0, 0.1) is 0 Å². The number of aromatic nitrogens is 1. The molecular weight excluding hydrogens is 304 g/mol. The van der Waals surface area contributed by atoms with Crippen LogP contribution in [-0.2, 0) is 6.54 Å². The van der Waals surface area contributed by atoms with Gasteiger partial charge in [0.25, 0.3) is 0 Å². The highest BCUT2D eigenvalue weighted by molar-refractivity contribution is 9.10. The highest BCUT2D eigenvalue weighted by Crippen LogP contribution is 2.21. The largest absolute Gasteiger partial charge is 0.478 e. The second-order valence-corrected chi connectivity index (χ2v) is 4.96. The molecule has 2 N–H and O–H groups in total. The maximum Gasteiger partial charge on any atom is 0.337 e. The molecule has 0 aliphatic carbocycles. The summed E-state index contributed by atoms with van der Waals surface area (Å²) in [5.74, 6) is -0.952. The zero-order chi connectivity index (χ0) is 12.3. The fourth-order valence-corrected chi connectivity index (χ4v) is 2.28. The molecule has 0 amide bonds. The van der Waals surface area contributed by atoms with E-state index in [4.69, 9.17) is 5.11 Å². The Hall–Kier alpha value is -1.40. The average Bonchev–Trinajstić information content (AvgIpc) is 2.80. The zero-order valence-electron chi connectivity index (χ0n) is 8.68. The second kappa shape index (κ2) is 5.29. The van der Waals surface area contributed by atoms with Gasteiger partial charge in [0.15, 0.2) is 0 Å². The van der Waals surface area contributed by atoms with Crippen LogP contribution in [0.4, 0.5) is 5.69 Å². The van der Waals surface area contributed by atoms with Gasteiger partial charge in [0, 0.05) is 15.5 Å². The normalized spacial score (nSPS) is 10.2. The third-order valence-electron chi connectivity index (χ3n) is 2.16. The lowest BCUT2D eigenvalue weighted by Gasteiger charge is -2.08. The molecule has 2 aromatic rings. The van der Waals surface area contributed by atoms with Gasteiger partial charge in [-0.2, -0.15) is 0 Å². The van der Waals surface area contributed by atoms with Crippen LogP contribution in [0.5, 0.6) is 0 Å². The Morgan fingerprint density at radius 1 is 1.53 bits per heavy atom. The molecule has 1 aromatic carbocycles. The number of thiazole rings is 1. The first-order valence-electron chi connectivity index (χ1n) is 4.80. The maximum atomic E-state index is 11.1. The van der Waals surface area contributed by atoms with E-state index < -0.39 is 5.97 Å². The molecule has 0 unspecified atom stereocenters. The van der Waals surface area contributed by atoms with Crippen molar-refractivity contribution in [1.29, 1.82) is 0 Å². The molecule has 0 saturated heterocycles. The highest BCUT2D eigenvalue weighted by atomic mass is 79.9. The molecule has 88 valence electrons. The van der Waals surface area contributed by atoms with Crippen molar-refractivity contribution < 1.29 is 9.90 Å². The first-order valence-corrected chi connectivity index (χ1v) is 6.54. The van der Waals surface area contributed by atoms with Gasteiger partial charge in [-0.3, -0.25) is 0 Å². The van der Waals surface area contributed by atoms with Gasteiger partial charge < -0.3 is 10.4 Å². The summed E-state index contributed by atoms with van der Waals surface area (Å²) in [6.45, 7) is 0.519. The monoisotopic (exact) mass is 312 g/mol. The minimum absolute atomic E-state index is 0.245. The Morgan fingerprint density at radius 2 is 2.35 bits per heavy atom. The minimum atomic E-state index is -0.952. The van der Waals surface area contributed by atoms with E-state index in [1.54, 1.807) is 23.7 Å². The number of hydrogen-bond acceptors (Lipinski definition) is 4. The molecular formula is C11H9BrN2O2S. The number of nitrogens with one attached hydrogen (secondary N) is 1. The maximum absolute atomic E-state index is 11.1. The van der Waals surface area contributed by atoms with Gasteiger partial charge in [-0.1, -0.05) is 15.9 Å². The molecule has 4 nitrogen and oxygen atoms in total. The minimum Gasteiger partial charge on any atom is -0.478 e. The molecule has 0 spiro atoms. The summed E-state index contributed by atoms with van der Waals surface area (Å²) in [5, 5.41) is 14.1. The number of aromatic carboxylic acids is 1. The predicted molar refractivity (Wildman–Crippen MR) is 70.5 cm³/mol. The smallest absolute Gasteiger partial charge is 0.337 e. The standard InChI is InChI=1S/C11H9BrN2O2S/c12-7-1-2-10(9(3-7)11(15)16)13-4-8-5-17-6-14-8/h1-3,5-6,13H,4H2,(H,15,16). The van der Waals surface area contributed by atoms with Crippen molar-refractivity contribution in [2.45, 2.75) is 6.54 Å². The van der Waals surface area contributed by atoms with E-state index in [0.29, 0.717) is 12.2 Å².